The maximum atomic E-state index is 12.7. The lowest BCUT2D eigenvalue weighted by Crippen LogP contribution is -2.51. The first-order valence-corrected chi connectivity index (χ1v) is 8.72. The first-order valence-electron chi connectivity index (χ1n) is 8.72. The highest BCUT2D eigenvalue weighted by Crippen LogP contribution is 2.23. The number of carbonyl (C=O) groups is 1. The van der Waals surface area contributed by atoms with Crippen LogP contribution in [-0.2, 0) is 6.42 Å². The van der Waals surface area contributed by atoms with E-state index >= 15 is 0 Å². The zero-order chi connectivity index (χ0) is 17.6. The van der Waals surface area contributed by atoms with E-state index in [0.29, 0.717) is 23.0 Å². The standard InChI is InChI=1S/C20H25N3O2/c1-25-19-14-16(21)10-11-18(19)20(24)22-23-12-6-5-9-17(23)13-15-7-3-2-4-8-15/h2-4,7-8,10-11,14,17H,5-6,9,12-13,21H2,1H3,(H,22,24). The fourth-order valence-electron chi connectivity index (χ4n) is 3.33. The fourth-order valence-corrected chi connectivity index (χ4v) is 3.33. The average molecular weight is 339 g/mol. The Hall–Kier alpha value is -2.53. The third-order valence-corrected chi connectivity index (χ3v) is 4.66. The molecule has 3 rings (SSSR count). The number of carbonyl (C=O) groups excluding carboxylic acids is 1. The Balaban J connectivity index is 1.72. The first kappa shape index (κ1) is 17.3. The number of nitrogens with one attached hydrogen (secondary N) is 1. The summed E-state index contributed by atoms with van der Waals surface area (Å²) >= 11 is 0. The van der Waals surface area contributed by atoms with Crippen molar-refractivity contribution >= 4 is 11.6 Å². The molecule has 0 bridgehead atoms. The zero-order valence-electron chi connectivity index (χ0n) is 14.6. The van der Waals surface area contributed by atoms with E-state index in [9.17, 15) is 4.79 Å². The number of hydrogen-bond donors (Lipinski definition) is 2. The number of methoxy groups -OCH3 is 1. The highest BCUT2D eigenvalue weighted by atomic mass is 16.5. The summed E-state index contributed by atoms with van der Waals surface area (Å²) in [6, 6.07) is 15.8. The smallest absolute Gasteiger partial charge is 0.269 e. The molecule has 1 aliphatic rings. The molecule has 132 valence electrons. The number of nitrogens with two attached hydrogens (primary N) is 1. The van der Waals surface area contributed by atoms with Crippen LogP contribution in [0.25, 0.3) is 0 Å². The van der Waals surface area contributed by atoms with E-state index in [2.05, 4.69) is 34.7 Å². The van der Waals surface area contributed by atoms with Crippen molar-refractivity contribution in [3.05, 3.63) is 59.7 Å². The molecule has 5 heteroatoms. The van der Waals surface area contributed by atoms with Crippen molar-refractivity contribution < 1.29 is 9.53 Å². The molecule has 3 N–H and O–H groups in total. The van der Waals surface area contributed by atoms with E-state index in [1.54, 1.807) is 25.3 Å². The largest absolute Gasteiger partial charge is 0.496 e. The third-order valence-electron chi connectivity index (χ3n) is 4.66. The van der Waals surface area contributed by atoms with E-state index in [4.69, 9.17) is 10.5 Å². The van der Waals surface area contributed by atoms with Crippen LogP contribution in [0.4, 0.5) is 5.69 Å². The second-order valence-corrected chi connectivity index (χ2v) is 6.43. The van der Waals surface area contributed by atoms with Gasteiger partial charge < -0.3 is 10.5 Å². The van der Waals surface area contributed by atoms with E-state index in [1.165, 1.54) is 12.0 Å². The molecule has 2 aromatic rings. The summed E-state index contributed by atoms with van der Waals surface area (Å²) in [5, 5.41) is 2.08. The molecule has 1 unspecified atom stereocenters. The molecule has 1 heterocycles. The number of rotatable bonds is 5. The van der Waals surface area contributed by atoms with Crippen LogP contribution in [0.15, 0.2) is 48.5 Å². The van der Waals surface area contributed by atoms with Crippen molar-refractivity contribution in [3.8, 4) is 5.75 Å². The number of hydrogen-bond acceptors (Lipinski definition) is 4. The number of piperidine rings is 1. The Bertz CT molecular complexity index is 718. The van der Waals surface area contributed by atoms with Crippen molar-refractivity contribution in [2.45, 2.75) is 31.7 Å². The third kappa shape index (κ3) is 4.31. The molecule has 0 aliphatic carbocycles. The van der Waals surface area contributed by atoms with Crippen LogP contribution in [0.5, 0.6) is 5.75 Å². The van der Waals surface area contributed by atoms with E-state index < -0.39 is 0 Å². The zero-order valence-corrected chi connectivity index (χ0v) is 14.6. The average Bonchev–Trinajstić information content (AvgIpc) is 2.64. The van der Waals surface area contributed by atoms with Gasteiger partial charge in [-0.15, -0.1) is 0 Å². The fraction of sp³-hybridized carbons (Fsp3) is 0.350. The Morgan fingerprint density at radius 3 is 2.80 bits per heavy atom. The predicted octanol–water partition coefficient (Wildman–Crippen LogP) is 3.02. The number of benzene rings is 2. The summed E-state index contributed by atoms with van der Waals surface area (Å²) in [5.41, 5.74) is 11.2. The molecule has 0 saturated carbocycles. The van der Waals surface area contributed by atoms with Crippen LogP contribution in [0.3, 0.4) is 0 Å². The molecule has 1 amide bonds. The van der Waals surface area contributed by atoms with Gasteiger partial charge in [-0.25, -0.2) is 5.01 Å². The Labute approximate surface area is 148 Å². The summed E-state index contributed by atoms with van der Waals surface area (Å²) in [6.45, 7) is 0.862. The SMILES string of the molecule is COc1cc(N)ccc1C(=O)NN1CCCCC1Cc1ccccc1. The number of amides is 1. The van der Waals surface area contributed by atoms with Crippen LogP contribution in [-0.4, -0.2) is 30.6 Å². The molecule has 0 spiro atoms. The Morgan fingerprint density at radius 1 is 1.24 bits per heavy atom. The lowest BCUT2D eigenvalue weighted by Gasteiger charge is -2.36. The van der Waals surface area contributed by atoms with Gasteiger partial charge in [-0.3, -0.25) is 10.2 Å². The minimum atomic E-state index is -0.156. The van der Waals surface area contributed by atoms with Gasteiger partial charge in [0.1, 0.15) is 5.75 Å². The molecule has 2 aromatic carbocycles. The van der Waals surface area contributed by atoms with Gasteiger partial charge in [0.05, 0.1) is 12.7 Å². The maximum absolute atomic E-state index is 12.7. The van der Waals surface area contributed by atoms with Crippen LogP contribution in [0, 0.1) is 0 Å². The summed E-state index contributed by atoms with van der Waals surface area (Å²) in [5.74, 6) is 0.339. The van der Waals surface area contributed by atoms with E-state index in [0.717, 1.165) is 25.8 Å². The van der Waals surface area contributed by atoms with Crippen LogP contribution in [0.2, 0.25) is 0 Å². The van der Waals surface area contributed by atoms with Gasteiger partial charge in [0, 0.05) is 24.3 Å². The molecule has 25 heavy (non-hydrogen) atoms. The topological polar surface area (TPSA) is 67.6 Å². The molecule has 1 aliphatic heterocycles. The second kappa shape index (κ2) is 8.03. The van der Waals surface area contributed by atoms with Crippen molar-refractivity contribution in [2.24, 2.45) is 0 Å². The Kier molecular flexibility index (Phi) is 5.56. The van der Waals surface area contributed by atoms with Gasteiger partial charge in [-0.1, -0.05) is 36.8 Å². The number of nitrogens with zero attached hydrogens (tertiary/aromatic N) is 1. The summed E-state index contributed by atoms with van der Waals surface area (Å²) < 4.78 is 5.30. The lowest BCUT2D eigenvalue weighted by atomic mass is 9.97. The van der Waals surface area contributed by atoms with Crippen molar-refractivity contribution in [1.82, 2.24) is 10.4 Å². The van der Waals surface area contributed by atoms with Gasteiger partial charge in [-0.05, 0) is 37.0 Å². The second-order valence-electron chi connectivity index (χ2n) is 6.43. The molecule has 0 radical (unpaired) electrons. The summed E-state index contributed by atoms with van der Waals surface area (Å²) in [4.78, 5) is 12.7. The predicted molar refractivity (Wildman–Crippen MR) is 99.4 cm³/mol. The highest BCUT2D eigenvalue weighted by molar-refractivity contribution is 5.97. The minimum Gasteiger partial charge on any atom is -0.496 e. The molecule has 0 aromatic heterocycles. The molecular weight excluding hydrogens is 314 g/mol. The van der Waals surface area contributed by atoms with Gasteiger partial charge >= 0.3 is 0 Å². The summed E-state index contributed by atoms with van der Waals surface area (Å²) in [7, 11) is 1.55. The first-order chi connectivity index (χ1) is 12.2. The lowest BCUT2D eigenvalue weighted by molar-refractivity contribution is 0.0571. The summed E-state index contributed by atoms with van der Waals surface area (Å²) in [6.07, 6.45) is 4.29. The number of ether oxygens (including phenoxy) is 1. The van der Waals surface area contributed by atoms with E-state index in [1.807, 2.05) is 6.07 Å². The number of anilines is 1. The van der Waals surface area contributed by atoms with Crippen molar-refractivity contribution in [3.63, 3.8) is 0 Å². The van der Waals surface area contributed by atoms with Crippen LogP contribution >= 0.6 is 0 Å². The number of nitrogen functional groups attached to an aromatic ring is 1. The molecule has 1 fully saturated rings. The van der Waals surface area contributed by atoms with Crippen molar-refractivity contribution in [1.29, 1.82) is 0 Å². The van der Waals surface area contributed by atoms with E-state index in [-0.39, 0.29) is 5.91 Å². The van der Waals surface area contributed by atoms with Gasteiger partial charge in [0.15, 0.2) is 0 Å². The molecule has 1 saturated heterocycles. The normalized spacial score (nSPS) is 17.9. The van der Waals surface area contributed by atoms with Gasteiger partial charge in [-0.2, -0.15) is 0 Å². The van der Waals surface area contributed by atoms with Crippen molar-refractivity contribution in [2.75, 3.05) is 19.4 Å². The molecule has 5 nitrogen and oxygen atoms in total. The number of hydrazine groups is 1. The quantitative estimate of drug-likeness (QED) is 0.822. The highest BCUT2D eigenvalue weighted by Gasteiger charge is 2.25. The minimum absolute atomic E-state index is 0.156. The molecular formula is C20H25N3O2. The van der Waals surface area contributed by atoms with Crippen LogP contribution in [0.1, 0.15) is 35.2 Å². The Morgan fingerprint density at radius 2 is 2.04 bits per heavy atom. The maximum Gasteiger partial charge on any atom is 0.269 e. The van der Waals surface area contributed by atoms with Gasteiger partial charge in [0.2, 0.25) is 0 Å². The van der Waals surface area contributed by atoms with Crippen LogP contribution < -0.4 is 15.9 Å². The van der Waals surface area contributed by atoms with Gasteiger partial charge in [0.25, 0.3) is 5.91 Å². The molecule has 1 atom stereocenters. The monoisotopic (exact) mass is 339 g/mol.